The van der Waals surface area contributed by atoms with Gasteiger partial charge in [0, 0.05) is 25.0 Å². The van der Waals surface area contributed by atoms with E-state index in [1.807, 2.05) is 37.3 Å². The lowest BCUT2D eigenvalue weighted by atomic mass is 10.1. The van der Waals surface area contributed by atoms with E-state index in [0.29, 0.717) is 45.8 Å². The number of aromatic nitrogens is 3. The zero-order chi connectivity index (χ0) is 23.2. The molecular formula is C25H23N5O3. The molecule has 0 radical (unpaired) electrons. The van der Waals surface area contributed by atoms with E-state index in [9.17, 15) is 4.79 Å². The van der Waals surface area contributed by atoms with Crippen LogP contribution in [-0.4, -0.2) is 35.0 Å². The second kappa shape index (κ2) is 9.78. The molecule has 0 spiro atoms. The van der Waals surface area contributed by atoms with Crippen LogP contribution in [0.25, 0.3) is 11.3 Å². The summed E-state index contributed by atoms with van der Waals surface area (Å²) in [5, 5.41) is 5.81. The first-order valence-corrected chi connectivity index (χ1v) is 10.3. The van der Waals surface area contributed by atoms with E-state index in [-0.39, 0.29) is 5.91 Å². The van der Waals surface area contributed by atoms with Gasteiger partial charge in [-0.15, -0.1) is 0 Å². The first-order valence-electron chi connectivity index (χ1n) is 10.3. The highest BCUT2D eigenvalue weighted by Crippen LogP contribution is 2.33. The SMILES string of the molecule is CNc1nccc(-c2cccnc2Oc2cc(C(=O)Nc3ccccc3OC)ccc2C)n1. The van der Waals surface area contributed by atoms with Crippen molar-refractivity contribution >= 4 is 17.5 Å². The minimum Gasteiger partial charge on any atom is -0.495 e. The highest BCUT2D eigenvalue weighted by molar-refractivity contribution is 6.05. The van der Waals surface area contributed by atoms with Gasteiger partial charge in [-0.05, 0) is 55.0 Å². The first kappa shape index (κ1) is 21.8. The molecule has 0 aliphatic rings. The third-order valence-electron chi connectivity index (χ3n) is 4.94. The Kier molecular flexibility index (Phi) is 6.45. The van der Waals surface area contributed by atoms with Crippen molar-refractivity contribution < 1.29 is 14.3 Å². The second-order valence-electron chi connectivity index (χ2n) is 7.11. The molecule has 8 heteroatoms. The number of nitrogens with zero attached hydrogens (tertiary/aromatic N) is 3. The molecule has 2 N–H and O–H groups in total. The molecule has 0 bridgehead atoms. The van der Waals surface area contributed by atoms with E-state index in [1.54, 1.807) is 56.9 Å². The summed E-state index contributed by atoms with van der Waals surface area (Å²) in [5.41, 5.74) is 3.27. The molecule has 4 rings (SSSR count). The van der Waals surface area contributed by atoms with Crippen LogP contribution in [0.1, 0.15) is 15.9 Å². The van der Waals surface area contributed by atoms with Gasteiger partial charge >= 0.3 is 0 Å². The summed E-state index contributed by atoms with van der Waals surface area (Å²) in [6, 6.07) is 18.0. The number of nitrogens with one attached hydrogen (secondary N) is 2. The summed E-state index contributed by atoms with van der Waals surface area (Å²) < 4.78 is 11.5. The Hall–Kier alpha value is -4.46. The van der Waals surface area contributed by atoms with E-state index >= 15 is 0 Å². The number of hydrogen-bond acceptors (Lipinski definition) is 7. The molecule has 0 atom stereocenters. The van der Waals surface area contributed by atoms with Gasteiger partial charge in [0.25, 0.3) is 5.91 Å². The number of methoxy groups -OCH3 is 1. The van der Waals surface area contributed by atoms with Gasteiger partial charge in [0.1, 0.15) is 11.5 Å². The van der Waals surface area contributed by atoms with Crippen LogP contribution in [0, 0.1) is 6.92 Å². The van der Waals surface area contributed by atoms with E-state index in [4.69, 9.17) is 9.47 Å². The van der Waals surface area contributed by atoms with Crippen LogP contribution < -0.4 is 20.1 Å². The number of carbonyl (C=O) groups excluding carboxylic acids is 1. The summed E-state index contributed by atoms with van der Waals surface area (Å²) in [7, 11) is 3.31. The van der Waals surface area contributed by atoms with Gasteiger partial charge in [-0.2, -0.15) is 0 Å². The molecule has 2 aromatic carbocycles. The van der Waals surface area contributed by atoms with Crippen LogP contribution in [-0.2, 0) is 0 Å². The summed E-state index contributed by atoms with van der Waals surface area (Å²) in [6.45, 7) is 1.91. The van der Waals surface area contributed by atoms with Crippen molar-refractivity contribution in [3.8, 4) is 28.6 Å². The molecule has 4 aromatic rings. The molecule has 1 amide bonds. The van der Waals surface area contributed by atoms with E-state index in [2.05, 4.69) is 25.6 Å². The number of pyridine rings is 1. The van der Waals surface area contributed by atoms with Crippen LogP contribution in [0.3, 0.4) is 0 Å². The third kappa shape index (κ3) is 4.90. The topological polar surface area (TPSA) is 98.3 Å². The predicted molar refractivity (Wildman–Crippen MR) is 127 cm³/mol. The molecule has 0 aliphatic heterocycles. The van der Waals surface area contributed by atoms with Crippen molar-refractivity contribution in [2.45, 2.75) is 6.92 Å². The van der Waals surface area contributed by atoms with Crippen LogP contribution >= 0.6 is 0 Å². The fourth-order valence-electron chi connectivity index (χ4n) is 3.19. The van der Waals surface area contributed by atoms with Crippen molar-refractivity contribution in [2.75, 3.05) is 24.8 Å². The number of rotatable bonds is 7. The molecule has 33 heavy (non-hydrogen) atoms. The van der Waals surface area contributed by atoms with Gasteiger partial charge in [-0.25, -0.2) is 15.0 Å². The van der Waals surface area contributed by atoms with E-state index in [0.717, 1.165) is 5.56 Å². The summed E-state index contributed by atoms with van der Waals surface area (Å²) >= 11 is 0. The average molecular weight is 441 g/mol. The van der Waals surface area contributed by atoms with Gasteiger partial charge in [-0.1, -0.05) is 18.2 Å². The Morgan fingerprint density at radius 2 is 1.79 bits per heavy atom. The normalized spacial score (nSPS) is 10.4. The molecule has 8 nitrogen and oxygen atoms in total. The summed E-state index contributed by atoms with van der Waals surface area (Å²) in [5.74, 6) is 1.70. The maximum absolute atomic E-state index is 12.9. The summed E-state index contributed by atoms with van der Waals surface area (Å²) in [4.78, 5) is 25.9. The number of anilines is 2. The largest absolute Gasteiger partial charge is 0.495 e. The van der Waals surface area contributed by atoms with Crippen molar-refractivity contribution in [3.63, 3.8) is 0 Å². The van der Waals surface area contributed by atoms with Gasteiger partial charge in [-0.3, -0.25) is 4.79 Å². The average Bonchev–Trinajstić information content (AvgIpc) is 2.86. The standard InChI is InChI=1S/C25H23N5O3/c1-16-10-11-17(23(31)29-20-8-4-5-9-21(20)32-3)15-22(16)33-24-18(7-6-13-27-24)19-12-14-28-25(26-2)30-19/h4-15H,1-3H3,(H,29,31)(H,26,28,30). The quantitative estimate of drug-likeness (QED) is 0.419. The molecule has 0 aliphatic carbocycles. The monoisotopic (exact) mass is 441 g/mol. The highest BCUT2D eigenvalue weighted by Gasteiger charge is 2.15. The third-order valence-corrected chi connectivity index (χ3v) is 4.94. The highest BCUT2D eigenvalue weighted by atomic mass is 16.5. The number of para-hydroxylation sites is 2. The minimum atomic E-state index is -0.278. The van der Waals surface area contributed by atoms with Crippen LogP contribution in [0.4, 0.5) is 11.6 Å². The molecule has 0 unspecified atom stereocenters. The molecule has 2 heterocycles. The lowest BCUT2D eigenvalue weighted by Crippen LogP contribution is -2.13. The zero-order valence-electron chi connectivity index (χ0n) is 18.5. The van der Waals surface area contributed by atoms with Crippen LogP contribution in [0.15, 0.2) is 73.1 Å². The van der Waals surface area contributed by atoms with Gasteiger partial charge in [0.15, 0.2) is 0 Å². The first-order chi connectivity index (χ1) is 16.1. The molecule has 2 aromatic heterocycles. The van der Waals surface area contributed by atoms with E-state index in [1.165, 1.54) is 0 Å². The van der Waals surface area contributed by atoms with Gasteiger partial charge < -0.3 is 20.1 Å². The number of carbonyl (C=O) groups is 1. The Labute approximate surface area is 191 Å². The zero-order valence-corrected chi connectivity index (χ0v) is 18.5. The lowest BCUT2D eigenvalue weighted by molar-refractivity contribution is 0.102. The fraction of sp³-hybridized carbons (Fsp3) is 0.120. The van der Waals surface area contributed by atoms with Crippen molar-refractivity contribution in [2.24, 2.45) is 0 Å². The maximum Gasteiger partial charge on any atom is 0.255 e. The number of benzene rings is 2. The van der Waals surface area contributed by atoms with Gasteiger partial charge in [0.05, 0.1) is 24.1 Å². The van der Waals surface area contributed by atoms with Crippen molar-refractivity contribution in [3.05, 3.63) is 84.2 Å². The molecular weight excluding hydrogens is 418 g/mol. The maximum atomic E-state index is 12.9. The lowest BCUT2D eigenvalue weighted by Gasteiger charge is -2.14. The van der Waals surface area contributed by atoms with Gasteiger partial charge in [0.2, 0.25) is 11.8 Å². The Bertz CT molecular complexity index is 1290. The second-order valence-corrected chi connectivity index (χ2v) is 7.11. The molecule has 0 saturated heterocycles. The van der Waals surface area contributed by atoms with Crippen LogP contribution in [0.2, 0.25) is 0 Å². The summed E-state index contributed by atoms with van der Waals surface area (Å²) in [6.07, 6.45) is 3.31. The molecule has 0 saturated carbocycles. The number of amides is 1. The molecule has 0 fully saturated rings. The Morgan fingerprint density at radius 1 is 0.939 bits per heavy atom. The Balaban J connectivity index is 1.63. The number of aryl methyl sites for hydroxylation is 1. The number of hydrogen-bond donors (Lipinski definition) is 2. The predicted octanol–water partition coefficient (Wildman–Crippen LogP) is 4.94. The Morgan fingerprint density at radius 3 is 2.61 bits per heavy atom. The van der Waals surface area contributed by atoms with Crippen molar-refractivity contribution in [1.29, 1.82) is 0 Å². The van der Waals surface area contributed by atoms with Crippen molar-refractivity contribution in [1.82, 2.24) is 15.0 Å². The fourth-order valence-corrected chi connectivity index (χ4v) is 3.19. The number of ether oxygens (including phenoxy) is 2. The molecule has 166 valence electrons. The minimum absolute atomic E-state index is 0.278. The van der Waals surface area contributed by atoms with Crippen LogP contribution in [0.5, 0.6) is 17.4 Å². The van der Waals surface area contributed by atoms with E-state index < -0.39 is 0 Å². The smallest absolute Gasteiger partial charge is 0.255 e.